The molecule has 0 heterocycles. The molecule has 4 heteroatoms. The molecule has 5 aromatic carbocycles. The molecule has 5 aromatic rings. The number of hydrogen-bond acceptors (Lipinski definition) is 1. The van der Waals surface area contributed by atoms with Crippen LogP contribution in [0.15, 0.2) is 72.8 Å². The van der Waals surface area contributed by atoms with Gasteiger partial charge in [0.15, 0.2) is 0 Å². The summed E-state index contributed by atoms with van der Waals surface area (Å²) in [4.78, 5) is 0. The van der Waals surface area contributed by atoms with Crippen LogP contribution in [-0.2, 0) is 13.1 Å². The molecule has 28 heavy (non-hydrogen) atoms. The summed E-state index contributed by atoms with van der Waals surface area (Å²) in [5, 5.41) is 12.7. The maximum absolute atomic E-state index is 6.12. The van der Waals surface area contributed by atoms with Crippen LogP contribution >= 0.6 is 35.6 Å². The van der Waals surface area contributed by atoms with Crippen LogP contribution in [-0.4, -0.2) is 0 Å². The quantitative estimate of drug-likeness (QED) is 0.292. The molecule has 0 saturated heterocycles. The normalized spacial score (nSPS) is 11.4. The number of hydrogen-bond donors (Lipinski definition) is 1. The van der Waals surface area contributed by atoms with Gasteiger partial charge in [-0.15, -0.1) is 12.4 Å². The van der Waals surface area contributed by atoms with Gasteiger partial charge in [0.05, 0.1) is 10.0 Å². The average molecular weight is 427 g/mol. The van der Waals surface area contributed by atoms with E-state index in [0.29, 0.717) is 10.0 Å². The van der Waals surface area contributed by atoms with Crippen LogP contribution in [0.3, 0.4) is 0 Å². The zero-order chi connectivity index (χ0) is 18.4. The third kappa shape index (κ3) is 3.29. The Hall–Kier alpha value is -2.03. The van der Waals surface area contributed by atoms with E-state index in [1.54, 1.807) is 0 Å². The summed E-state index contributed by atoms with van der Waals surface area (Å²) < 4.78 is 0. The van der Waals surface area contributed by atoms with Crippen molar-refractivity contribution in [2.75, 3.05) is 0 Å². The first kappa shape index (κ1) is 19.3. The second kappa shape index (κ2) is 7.77. The van der Waals surface area contributed by atoms with Crippen LogP contribution in [0.25, 0.3) is 32.3 Å². The first-order valence-electron chi connectivity index (χ1n) is 9.01. The van der Waals surface area contributed by atoms with E-state index in [2.05, 4.69) is 59.9 Å². The lowest BCUT2D eigenvalue weighted by atomic mass is 9.92. The Kier molecular flexibility index (Phi) is 5.35. The van der Waals surface area contributed by atoms with Gasteiger partial charge < -0.3 is 5.32 Å². The third-order valence-electron chi connectivity index (χ3n) is 5.25. The predicted molar refractivity (Wildman–Crippen MR) is 124 cm³/mol. The van der Waals surface area contributed by atoms with Crippen LogP contribution in [0.2, 0.25) is 10.0 Å². The van der Waals surface area contributed by atoms with Gasteiger partial charge in [0.2, 0.25) is 0 Å². The SMILES string of the molecule is Cl.Clc1ccc(CNCc2ccc3ccc4cccc5ccc2c3c45)cc1Cl. The van der Waals surface area contributed by atoms with Crippen molar-refractivity contribution in [3.05, 3.63) is 94.0 Å². The minimum atomic E-state index is 0. The predicted octanol–water partition coefficient (Wildman–Crippen LogP) is 7.60. The summed E-state index contributed by atoms with van der Waals surface area (Å²) in [6.07, 6.45) is 0. The molecule has 0 fully saturated rings. The molecule has 0 aromatic heterocycles. The fourth-order valence-corrected chi connectivity index (χ4v) is 4.26. The Morgan fingerprint density at radius 3 is 2.07 bits per heavy atom. The molecule has 0 aliphatic carbocycles. The van der Waals surface area contributed by atoms with Gasteiger partial charge in [0, 0.05) is 13.1 Å². The Balaban J connectivity index is 0.00000192. The van der Waals surface area contributed by atoms with E-state index in [1.807, 2.05) is 18.2 Å². The summed E-state index contributed by atoms with van der Waals surface area (Å²) in [6.45, 7) is 1.55. The van der Waals surface area contributed by atoms with Crippen molar-refractivity contribution in [3.8, 4) is 0 Å². The van der Waals surface area contributed by atoms with Crippen molar-refractivity contribution in [2.45, 2.75) is 13.1 Å². The largest absolute Gasteiger partial charge is 0.309 e. The van der Waals surface area contributed by atoms with Gasteiger partial charge in [0.25, 0.3) is 0 Å². The van der Waals surface area contributed by atoms with Crippen molar-refractivity contribution in [1.82, 2.24) is 5.32 Å². The fourth-order valence-electron chi connectivity index (χ4n) is 3.94. The maximum atomic E-state index is 6.12. The zero-order valence-electron chi connectivity index (χ0n) is 15.0. The van der Waals surface area contributed by atoms with Crippen molar-refractivity contribution in [3.63, 3.8) is 0 Å². The Bertz CT molecular complexity index is 1260. The number of halogens is 3. The highest BCUT2D eigenvalue weighted by Gasteiger charge is 2.10. The first-order valence-corrected chi connectivity index (χ1v) is 9.76. The Morgan fingerprint density at radius 1 is 0.643 bits per heavy atom. The highest BCUT2D eigenvalue weighted by atomic mass is 35.5. The highest BCUT2D eigenvalue weighted by Crippen LogP contribution is 2.35. The van der Waals surface area contributed by atoms with Crippen molar-refractivity contribution in [1.29, 1.82) is 0 Å². The van der Waals surface area contributed by atoms with E-state index in [-0.39, 0.29) is 12.4 Å². The van der Waals surface area contributed by atoms with Crippen molar-refractivity contribution < 1.29 is 0 Å². The molecule has 1 N–H and O–H groups in total. The van der Waals surface area contributed by atoms with Gasteiger partial charge in [-0.3, -0.25) is 0 Å². The van der Waals surface area contributed by atoms with E-state index in [9.17, 15) is 0 Å². The molecular formula is C24H18Cl3N. The molecular weight excluding hydrogens is 409 g/mol. The van der Waals surface area contributed by atoms with Gasteiger partial charge >= 0.3 is 0 Å². The number of benzene rings is 5. The molecule has 0 radical (unpaired) electrons. The van der Waals surface area contributed by atoms with Gasteiger partial charge in [-0.25, -0.2) is 0 Å². The maximum Gasteiger partial charge on any atom is 0.0595 e. The molecule has 1 nitrogen and oxygen atoms in total. The molecule has 0 aliphatic heterocycles. The van der Waals surface area contributed by atoms with E-state index in [4.69, 9.17) is 23.2 Å². The molecule has 0 saturated carbocycles. The third-order valence-corrected chi connectivity index (χ3v) is 5.99. The standard InChI is InChI=1S/C24H17Cl2N.ClH/c25-21-11-4-15(12-22(21)26)13-27-14-19-8-7-18-6-5-16-2-1-3-17-9-10-20(19)24(18)23(16)17;/h1-12,27H,13-14H2;1H. The van der Waals surface area contributed by atoms with Crippen LogP contribution in [0.5, 0.6) is 0 Å². The number of rotatable bonds is 4. The molecule has 140 valence electrons. The summed E-state index contributed by atoms with van der Waals surface area (Å²) >= 11 is 12.1. The molecule has 0 spiro atoms. The highest BCUT2D eigenvalue weighted by molar-refractivity contribution is 6.42. The van der Waals surface area contributed by atoms with Crippen molar-refractivity contribution >= 4 is 67.9 Å². The van der Waals surface area contributed by atoms with Crippen LogP contribution in [0.1, 0.15) is 11.1 Å². The van der Waals surface area contributed by atoms with Gasteiger partial charge in [-0.05, 0) is 55.6 Å². The minimum Gasteiger partial charge on any atom is -0.309 e. The number of nitrogens with one attached hydrogen (secondary N) is 1. The second-order valence-electron chi connectivity index (χ2n) is 6.93. The lowest BCUT2D eigenvalue weighted by Crippen LogP contribution is -2.13. The van der Waals surface area contributed by atoms with Crippen LogP contribution in [0.4, 0.5) is 0 Å². The smallest absolute Gasteiger partial charge is 0.0595 e. The summed E-state index contributed by atoms with van der Waals surface area (Å²) in [5.74, 6) is 0. The zero-order valence-corrected chi connectivity index (χ0v) is 17.3. The lowest BCUT2D eigenvalue weighted by Gasteiger charge is -2.14. The van der Waals surface area contributed by atoms with Gasteiger partial charge in [-0.2, -0.15) is 0 Å². The first-order chi connectivity index (χ1) is 13.2. The van der Waals surface area contributed by atoms with Gasteiger partial charge in [-0.1, -0.05) is 83.9 Å². The van der Waals surface area contributed by atoms with Crippen LogP contribution in [0, 0.1) is 0 Å². The monoisotopic (exact) mass is 425 g/mol. The topological polar surface area (TPSA) is 12.0 Å². The molecule has 0 bridgehead atoms. The van der Waals surface area contributed by atoms with E-state index in [0.717, 1.165) is 18.7 Å². The molecule has 5 rings (SSSR count). The molecule has 0 amide bonds. The lowest BCUT2D eigenvalue weighted by molar-refractivity contribution is 0.697. The van der Waals surface area contributed by atoms with Crippen molar-refractivity contribution in [2.24, 2.45) is 0 Å². The summed E-state index contributed by atoms with van der Waals surface area (Å²) in [7, 11) is 0. The van der Waals surface area contributed by atoms with Crippen LogP contribution < -0.4 is 5.32 Å². The fraction of sp³-hybridized carbons (Fsp3) is 0.0833. The second-order valence-corrected chi connectivity index (χ2v) is 7.75. The summed E-state index contributed by atoms with van der Waals surface area (Å²) in [5.41, 5.74) is 2.43. The molecule has 0 unspecified atom stereocenters. The average Bonchev–Trinajstić information content (AvgIpc) is 2.70. The Labute approximate surface area is 180 Å². The van der Waals surface area contributed by atoms with E-state index >= 15 is 0 Å². The van der Waals surface area contributed by atoms with E-state index in [1.165, 1.54) is 37.9 Å². The minimum absolute atomic E-state index is 0. The molecule has 0 aliphatic rings. The van der Waals surface area contributed by atoms with Gasteiger partial charge in [0.1, 0.15) is 0 Å². The Morgan fingerprint density at radius 2 is 1.32 bits per heavy atom. The van der Waals surface area contributed by atoms with E-state index < -0.39 is 0 Å². The molecule has 0 atom stereocenters. The summed E-state index contributed by atoms with van der Waals surface area (Å²) in [6, 6.07) is 25.6.